The number of rotatable bonds is 3. The molecule has 2 aliphatic carbocycles. The molecule has 2 rings (SSSR count). The number of aliphatic hydroxyl groups excluding tert-OH is 1. The van der Waals surface area contributed by atoms with Crippen molar-refractivity contribution in [2.75, 3.05) is 0 Å². The van der Waals surface area contributed by atoms with Gasteiger partial charge >= 0.3 is 0 Å². The molecule has 3 nitrogen and oxygen atoms in total. The quantitative estimate of drug-likeness (QED) is 0.597. The lowest BCUT2D eigenvalue weighted by molar-refractivity contribution is -0.0405. The number of aliphatic hydroxyl groups is 1. The van der Waals surface area contributed by atoms with Gasteiger partial charge < -0.3 is 5.11 Å². The standard InChI is InChI=1S/C23H43NO2/c1-14-9-20(24-26)18(22(3,4)5)12-16(14)11-17-13-19(23(6,7)8)21(25)10-15(17)2/h14-21,25H,9-13H2,1-8H3. The molecule has 2 fully saturated rings. The number of nitrogens with zero attached hydrogens (tertiary/aromatic N) is 1. The predicted octanol–water partition coefficient (Wildman–Crippen LogP) is 6.29. The van der Waals surface area contributed by atoms with E-state index in [2.05, 4.69) is 60.6 Å². The zero-order valence-electron chi connectivity index (χ0n) is 18.5. The van der Waals surface area contributed by atoms with Crippen molar-refractivity contribution in [3.8, 4) is 0 Å². The summed E-state index contributed by atoms with van der Waals surface area (Å²) in [6, 6.07) is -0.0193. The minimum Gasteiger partial charge on any atom is -0.393 e. The molecule has 3 heteroatoms. The van der Waals surface area contributed by atoms with Crippen molar-refractivity contribution in [3.05, 3.63) is 4.91 Å². The lowest BCUT2D eigenvalue weighted by Crippen LogP contribution is -2.44. The van der Waals surface area contributed by atoms with Crippen LogP contribution in [0.2, 0.25) is 0 Å². The molecule has 2 saturated carbocycles. The summed E-state index contributed by atoms with van der Waals surface area (Å²) in [5, 5.41) is 14.1. The Labute approximate surface area is 161 Å². The lowest BCUT2D eigenvalue weighted by Gasteiger charge is -2.48. The van der Waals surface area contributed by atoms with Gasteiger partial charge in [0.15, 0.2) is 0 Å². The Morgan fingerprint density at radius 3 is 1.73 bits per heavy atom. The van der Waals surface area contributed by atoms with Crippen molar-refractivity contribution >= 4 is 0 Å². The maximum absolute atomic E-state index is 11.4. The highest BCUT2D eigenvalue weighted by molar-refractivity contribution is 4.96. The summed E-state index contributed by atoms with van der Waals surface area (Å²) < 4.78 is 0. The fourth-order valence-electron chi connectivity index (χ4n) is 5.93. The topological polar surface area (TPSA) is 49.7 Å². The van der Waals surface area contributed by atoms with Crippen molar-refractivity contribution in [3.63, 3.8) is 0 Å². The van der Waals surface area contributed by atoms with Gasteiger partial charge in [-0.05, 0) is 78.4 Å². The van der Waals surface area contributed by atoms with E-state index in [1.807, 2.05) is 0 Å². The van der Waals surface area contributed by atoms with Crippen molar-refractivity contribution in [1.82, 2.24) is 0 Å². The fourth-order valence-corrected chi connectivity index (χ4v) is 5.93. The summed E-state index contributed by atoms with van der Waals surface area (Å²) in [6.45, 7) is 18.3. The van der Waals surface area contributed by atoms with E-state index in [1.54, 1.807) is 0 Å². The second-order valence-electron chi connectivity index (χ2n) is 11.8. The summed E-state index contributed by atoms with van der Waals surface area (Å²) in [5.41, 5.74) is 0.301. The van der Waals surface area contributed by atoms with Crippen LogP contribution in [0, 0.1) is 51.2 Å². The van der Waals surface area contributed by atoms with Crippen LogP contribution in [0.15, 0.2) is 5.18 Å². The smallest absolute Gasteiger partial charge is 0.0955 e. The minimum atomic E-state index is -0.156. The molecule has 0 amide bonds. The summed E-state index contributed by atoms with van der Waals surface area (Å²) in [4.78, 5) is 11.4. The largest absolute Gasteiger partial charge is 0.393 e. The van der Waals surface area contributed by atoms with E-state index in [0.717, 1.165) is 25.7 Å². The lowest BCUT2D eigenvalue weighted by atomic mass is 9.58. The molecule has 0 aromatic carbocycles. The first-order valence-electron chi connectivity index (χ1n) is 10.8. The SMILES string of the molecule is CC1CC(O)C(C(C)(C)C)CC1CC1CC(C(C)(C)C)C(N=O)CC1C. The Kier molecular flexibility index (Phi) is 6.63. The molecule has 0 spiro atoms. The van der Waals surface area contributed by atoms with Crippen LogP contribution in [0.4, 0.5) is 0 Å². The maximum atomic E-state index is 11.4. The third-order valence-corrected chi connectivity index (χ3v) is 7.84. The molecule has 26 heavy (non-hydrogen) atoms. The van der Waals surface area contributed by atoms with Gasteiger partial charge in [-0.3, -0.25) is 0 Å². The first kappa shape index (κ1) is 21.9. The van der Waals surface area contributed by atoms with Gasteiger partial charge in [-0.25, -0.2) is 0 Å². The molecule has 0 aromatic heterocycles. The second-order valence-corrected chi connectivity index (χ2v) is 11.8. The Bertz CT molecular complexity index is 476. The summed E-state index contributed by atoms with van der Waals surface area (Å²) >= 11 is 0. The third-order valence-electron chi connectivity index (χ3n) is 7.84. The molecule has 0 radical (unpaired) electrons. The predicted molar refractivity (Wildman–Crippen MR) is 110 cm³/mol. The van der Waals surface area contributed by atoms with Crippen LogP contribution in [0.1, 0.15) is 87.5 Å². The van der Waals surface area contributed by atoms with Crippen molar-refractivity contribution in [2.45, 2.75) is 99.6 Å². The highest BCUT2D eigenvalue weighted by Gasteiger charge is 2.45. The highest BCUT2D eigenvalue weighted by atomic mass is 16.3. The molecule has 0 heterocycles. The Balaban J connectivity index is 2.11. The van der Waals surface area contributed by atoms with Crippen LogP contribution >= 0.6 is 0 Å². The molecule has 0 saturated heterocycles. The van der Waals surface area contributed by atoms with E-state index in [4.69, 9.17) is 0 Å². The van der Waals surface area contributed by atoms with Gasteiger partial charge in [0.2, 0.25) is 0 Å². The van der Waals surface area contributed by atoms with Crippen molar-refractivity contribution < 1.29 is 5.11 Å². The minimum absolute atomic E-state index is 0.0193. The van der Waals surface area contributed by atoms with Crippen LogP contribution in [-0.2, 0) is 0 Å². The van der Waals surface area contributed by atoms with E-state index in [9.17, 15) is 10.0 Å². The highest BCUT2D eigenvalue weighted by Crippen LogP contribution is 2.50. The molecule has 152 valence electrons. The van der Waals surface area contributed by atoms with Gasteiger partial charge in [-0.15, -0.1) is 0 Å². The van der Waals surface area contributed by atoms with Crippen LogP contribution in [0.25, 0.3) is 0 Å². The molecule has 8 atom stereocenters. The molecule has 1 N–H and O–H groups in total. The first-order valence-corrected chi connectivity index (χ1v) is 10.8. The van der Waals surface area contributed by atoms with Gasteiger partial charge in [0.25, 0.3) is 0 Å². The van der Waals surface area contributed by atoms with E-state index in [1.165, 1.54) is 6.42 Å². The van der Waals surface area contributed by atoms with Gasteiger partial charge in [-0.2, -0.15) is 4.91 Å². The van der Waals surface area contributed by atoms with E-state index in [-0.39, 0.29) is 23.0 Å². The molecule has 0 bridgehead atoms. The number of nitroso groups, excluding NO2 is 1. The monoisotopic (exact) mass is 365 g/mol. The third kappa shape index (κ3) is 4.88. The van der Waals surface area contributed by atoms with E-state index >= 15 is 0 Å². The van der Waals surface area contributed by atoms with Crippen molar-refractivity contribution in [2.24, 2.45) is 51.5 Å². The van der Waals surface area contributed by atoms with Gasteiger partial charge in [0, 0.05) is 0 Å². The molecule has 0 aliphatic heterocycles. The molecule has 0 aromatic rings. The van der Waals surface area contributed by atoms with Gasteiger partial charge in [0.05, 0.1) is 12.1 Å². The van der Waals surface area contributed by atoms with Crippen molar-refractivity contribution in [1.29, 1.82) is 0 Å². The van der Waals surface area contributed by atoms with Crippen LogP contribution < -0.4 is 0 Å². The summed E-state index contributed by atoms with van der Waals surface area (Å²) in [7, 11) is 0. The zero-order valence-corrected chi connectivity index (χ0v) is 18.5. The normalized spacial score (nSPS) is 42.5. The maximum Gasteiger partial charge on any atom is 0.0955 e. The second kappa shape index (κ2) is 7.89. The molecule has 2 aliphatic rings. The van der Waals surface area contributed by atoms with Gasteiger partial charge in [0.1, 0.15) is 0 Å². The van der Waals surface area contributed by atoms with Crippen LogP contribution in [-0.4, -0.2) is 17.3 Å². The number of hydrogen-bond donors (Lipinski definition) is 1. The zero-order chi connectivity index (χ0) is 19.9. The average Bonchev–Trinajstić information content (AvgIpc) is 2.48. The Morgan fingerprint density at radius 1 is 0.808 bits per heavy atom. The van der Waals surface area contributed by atoms with E-state index < -0.39 is 0 Å². The van der Waals surface area contributed by atoms with Crippen LogP contribution in [0.5, 0.6) is 0 Å². The first-order chi connectivity index (χ1) is 11.8. The number of hydrogen-bond acceptors (Lipinski definition) is 3. The molecule has 8 unspecified atom stereocenters. The van der Waals surface area contributed by atoms with Gasteiger partial charge in [-0.1, -0.05) is 60.6 Å². The Hall–Kier alpha value is -0.440. The molecular weight excluding hydrogens is 322 g/mol. The Morgan fingerprint density at radius 2 is 1.27 bits per heavy atom. The van der Waals surface area contributed by atoms with Crippen LogP contribution in [0.3, 0.4) is 0 Å². The van der Waals surface area contributed by atoms with E-state index in [0.29, 0.717) is 35.5 Å². The summed E-state index contributed by atoms with van der Waals surface area (Å²) in [6.07, 6.45) is 5.26. The average molecular weight is 366 g/mol. The fraction of sp³-hybridized carbons (Fsp3) is 1.00. The molecular formula is C23H43NO2. The summed E-state index contributed by atoms with van der Waals surface area (Å²) in [5.74, 6) is 3.32.